The molecule has 0 N–H and O–H groups in total. The number of hydrogen-bond acceptors (Lipinski definition) is 2. The second-order valence-corrected chi connectivity index (χ2v) is 3.70. The molecule has 16 heavy (non-hydrogen) atoms. The second-order valence-electron chi connectivity index (χ2n) is 3.70. The van der Waals surface area contributed by atoms with Gasteiger partial charge in [-0.15, -0.1) is 0 Å². The summed E-state index contributed by atoms with van der Waals surface area (Å²) in [4.78, 5) is 0. The van der Waals surface area contributed by atoms with Gasteiger partial charge >= 0.3 is 0 Å². The first-order chi connectivity index (χ1) is 7.83. The Morgan fingerprint density at radius 2 is 1.94 bits per heavy atom. The second kappa shape index (κ2) is 4.84. The number of benzene rings is 1. The fraction of sp³-hybridized carbons (Fsp3) is 0.308. The van der Waals surface area contributed by atoms with Crippen LogP contribution in [0.4, 0.5) is 0 Å². The summed E-state index contributed by atoms with van der Waals surface area (Å²) in [5, 5.41) is 4.50. The Bertz CT molecular complexity index is 445. The van der Waals surface area contributed by atoms with Crippen LogP contribution in [0.15, 0.2) is 36.5 Å². The molecular weight excluding hydrogens is 200 g/mol. The first-order valence-corrected chi connectivity index (χ1v) is 5.52. The van der Waals surface area contributed by atoms with Gasteiger partial charge in [-0.25, -0.2) is 4.68 Å². The highest BCUT2D eigenvalue weighted by Crippen LogP contribution is 2.14. The van der Waals surface area contributed by atoms with Crippen LogP contribution in [0.1, 0.15) is 19.0 Å². The molecule has 0 spiro atoms. The van der Waals surface area contributed by atoms with E-state index >= 15 is 0 Å². The Morgan fingerprint density at radius 3 is 2.56 bits per heavy atom. The third-order valence-electron chi connectivity index (χ3n) is 2.49. The van der Waals surface area contributed by atoms with Crippen LogP contribution in [0, 0.1) is 0 Å². The first-order valence-electron chi connectivity index (χ1n) is 5.52. The molecule has 0 unspecified atom stereocenters. The highest BCUT2D eigenvalue weighted by atomic mass is 16.5. The minimum atomic E-state index is 0.865. The minimum Gasteiger partial charge on any atom is -0.497 e. The number of methoxy groups -OCH3 is 1. The topological polar surface area (TPSA) is 27.1 Å². The van der Waals surface area contributed by atoms with Gasteiger partial charge in [-0.2, -0.15) is 5.10 Å². The lowest BCUT2D eigenvalue weighted by molar-refractivity contribution is 0.414. The summed E-state index contributed by atoms with van der Waals surface area (Å²) in [5.74, 6) is 0.865. The zero-order chi connectivity index (χ0) is 11.4. The molecule has 3 heteroatoms. The van der Waals surface area contributed by atoms with Gasteiger partial charge in [-0.05, 0) is 36.8 Å². The van der Waals surface area contributed by atoms with Gasteiger partial charge in [-0.1, -0.05) is 13.3 Å². The van der Waals surface area contributed by atoms with Gasteiger partial charge in [-0.3, -0.25) is 0 Å². The monoisotopic (exact) mass is 216 g/mol. The van der Waals surface area contributed by atoms with E-state index in [4.69, 9.17) is 4.74 Å². The number of rotatable bonds is 4. The molecule has 84 valence electrons. The summed E-state index contributed by atoms with van der Waals surface area (Å²) in [5.41, 5.74) is 2.20. The molecule has 0 atom stereocenters. The molecule has 1 aromatic heterocycles. The van der Waals surface area contributed by atoms with Crippen molar-refractivity contribution in [3.63, 3.8) is 0 Å². The SMILES string of the molecule is CCCc1ccn(-c2ccc(OC)cc2)n1. The lowest BCUT2D eigenvalue weighted by Crippen LogP contribution is -1.96. The minimum absolute atomic E-state index is 0.865. The Morgan fingerprint density at radius 1 is 1.19 bits per heavy atom. The fourth-order valence-corrected chi connectivity index (χ4v) is 1.63. The molecule has 2 aromatic rings. The van der Waals surface area contributed by atoms with Crippen molar-refractivity contribution in [2.45, 2.75) is 19.8 Å². The summed E-state index contributed by atoms with van der Waals surface area (Å²) < 4.78 is 7.01. The molecule has 0 amide bonds. The van der Waals surface area contributed by atoms with Gasteiger partial charge in [0.1, 0.15) is 5.75 Å². The van der Waals surface area contributed by atoms with E-state index in [2.05, 4.69) is 18.1 Å². The number of hydrogen-bond donors (Lipinski definition) is 0. The Hall–Kier alpha value is -1.77. The molecule has 1 aromatic carbocycles. The molecule has 1 heterocycles. The summed E-state index contributed by atoms with van der Waals surface area (Å²) >= 11 is 0. The summed E-state index contributed by atoms with van der Waals surface area (Å²) in [6.45, 7) is 2.16. The smallest absolute Gasteiger partial charge is 0.119 e. The van der Waals surface area contributed by atoms with E-state index in [1.807, 2.05) is 35.1 Å². The Labute approximate surface area is 95.7 Å². The first kappa shape index (κ1) is 10.7. The zero-order valence-corrected chi connectivity index (χ0v) is 9.68. The third-order valence-corrected chi connectivity index (χ3v) is 2.49. The molecule has 0 aliphatic carbocycles. The van der Waals surface area contributed by atoms with Crippen molar-refractivity contribution in [3.8, 4) is 11.4 Å². The van der Waals surface area contributed by atoms with E-state index in [0.29, 0.717) is 0 Å². The Kier molecular flexibility index (Phi) is 3.25. The molecule has 0 aliphatic heterocycles. The van der Waals surface area contributed by atoms with Gasteiger partial charge < -0.3 is 4.74 Å². The van der Waals surface area contributed by atoms with Crippen molar-refractivity contribution in [2.75, 3.05) is 7.11 Å². The molecule has 3 nitrogen and oxygen atoms in total. The van der Waals surface area contributed by atoms with E-state index < -0.39 is 0 Å². The van der Waals surface area contributed by atoms with Crippen LogP contribution in [0.5, 0.6) is 5.75 Å². The van der Waals surface area contributed by atoms with Gasteiger partial charge in [0, 0.05) is 6.20 Å². The van der Waals surface area contributed by atoms with Gasteiger partial charge in [0.2, 0.25) is 0 Å². The number of aromatic nitrogens is 2. The van der Waals surface area contributed by atoms with Crippen LogP contribution in [0.25, 0.3) is 5.69 Å². The van der Waals surface area contributed by atoms with Gasteiger partial charge in [0.25, 0.3) is 0 Å². The predicted octanol–water partition coefficient (Wildman–Crippen LogP) is 2.83. The zero-order valence-electron chi connectivity index (χ0n) is 9.68. The number of aryl methyl sites for hydroxylation is 1. The molecule has 2 rings (SSSR count). The molecule has 0 bridgehead atoms. The summed E-state index contributed by atoms with van der Waals surface area (Å²) in [6.07, 6.45) is 4.15. The van der Waals surface area contributed by atoms with Crippen LogP contribution in [-0.2, 0) is 6.42 Å². The van der Waals surface area contributed by atoms with E-state index in [9.17, 15) is 0 Å². The lowest BCUT2D eigenvalue weighted by atomic mass is 10.3. The molecule has 0 radical (unpaired) electrons. The van der Waals surface area contributed by atoms with Crippen molar-refractivity contribution >= 4 is 0 Å². The van der Waals surface area contributed by atoms with E-state index in [0.717, 1.165) is 30.0 Å². The molecular formula is C13H16N2O. The van der Waals surface area contributed by atoms with Crippen LogP contribution >= 0.6 is 0 Å². The molecule has 0 fully saturated rings. The maximum absolute atomic E-state index is 5.12. The number of nitrogens with zero attached hydrogens (tertiary/aromatic N) is 2. The summed E-state index contributed by atoms with van der Waals surface area (Å²) in [6, 6.07) is 9.95. The fourth-order valence-electron chi connectivity index (χ4n) is 1.63. The molecule has 0 aliphatic rings. The number of ether oxygens (including phenoxy) is 1. The molecule has 0 saturated carbocycles. The predicted molar refractivity (Wildman–Crippen MR) is 64.1 cm³/mol. The largest absolute Gasteiger partial charge is 0.497 e. The van der Waals surface area contributed by atoms with Crippen molar-refractivity contribution in [3.05, 3.63) is 42.2 Å². The molecule has 0 saturated heterocycles. The van der Waals surface area contributed by atoms with E-state index in [-0.39, 0.29) is 0 Å². The standard InChI is InChI=1S/C13H16N2O/c1-3-4-11-9-10-15(14-11)12-5-7-13(16-2)8-6-12/h5-10H,3-4H2,1-2H3. The van der Waals surface area contributed by atoms with Gasteiger partial charge in [0.05, 0.1) is 18.5 Å². The van der Waals surface area contributed by atoms with Crippen LogP contribution in [0.2, 0.25) is 0 Å². The normalized spacial score (nSPS) is 10.4. The average Bonchev–Trinajstić information content (AvgIpc) is 2.78. The van der Waals surface area contributed by atoms with Gasteiger partial charge in [0.15, 0.2) is 0 Å². The quantitative estimate of drug-likeness (QED) is 0.785. The highest BCUT2D eigenvalue weighted by Gasteiger charge is 2.00. The summed E-state index contributed by atoms with van der Waals surface area (Å²) in [7, 11) is 1.67. The van der Waals surface area contributed by atoms with Crippen LogP contribution < -0.4 is 4.74 Å². The van der Waals surface area contributed by atoms with Crippen LogP contribution in [0.3, 0.4) is 0 Å². The Balaban J connectivity index is 2.21. The van der Waals surface area contributed by atoms with Crippen molar-refractivity contribution in [1.82, 2.24) is 9.78 Å². The highest BCUT2D eigenvalue weighted by molar-refractivity contribution is 5.36. The van der Waals surface area contributed by atoms with Crippen LogP contribution in [-0.4, -0.2) is 16.9 Å². The lowest BCUT2D eigenvalue weighted by Gasteiger charge is -2.03. The van der Waals surface area contributed by atoms with Crippen molar-refractivity contribution < 1.29 is 4.74 Å². The van der Waals surface area contributed by atoms with E-state index in [1.165, 1.54) is 0 Å². The van der Waals surface area contributed by atoms with Crippen molar-refractivity contribution in [2.24, 2.45) is 0 Å². The van der Waals surface area contributed by atoms with E-state index in [1.54, 1.807) is 7.11 Å². The maximum Gasteiger partial charge on any atom is 0.119 e. The average molecular weight is 216 g/mol. The third kappa shape index (κ3) is 2.24. The van der Waals surface area contributed by atoms with Crippen molar-refractivity contribution in [1.29, 1.82) is 0 Å². The maximum atomic E-state index is 5.12.